The van der Waals surface area contributed by atoms with Gasteiger partial charge in [-0.05, 0) is 48.5 Å². The number of carbonyl (C=O) groups is 2. The molecule has 2 aromatic carbocycles. The molecular weight excluding hydrogens is 422 g/mol. The van der Waals surface area contributed by atoms with Gasteiger partial charge in [0.2, 0.25) is 0 Å². The zero-order valence-electron chi connectivity index (χ0n) is 17.1. The molecule has 0 aliphatic heterocycles. The zero-order valence-corrected chi connectivity index (χ0v) is 17.6. The van der Waals surface area contributed by atoms with Crippen LogP contribution in [0.5, 0.6) is 5.75 Å². The molecule has 2 N–H and O–H groups in total. The largest absolute Gasteiger partial charge is 1.00 e. The molecule has 3 rings (SSSR count). The van der Waals surface area contributed by atoms with Gasteiger partial charge in [0.15, 0.2) is 0 Å². The van der Waals surface area contributed by atoms with Crippen LogP contribution in [0.15, 0.2) is 60.8 Å². The smallest absolute Gasteiger partial charge is 1.00 e. The quantitative estimate of drug-likeness (QED) is 0.551. The van der Waals surface area contributed by atoms with Crippen LogP contribution in [0.4, 0.5) is 5.69 Å². The second-order valence-corrected chi connectivity index (χ2v) is 6.85. The number of benzene rings is 2. The van der Waals surface area contributed by atoms with E-state index >= 15 is 0 Å². The molecule has 1 aromatic heterocycles. The molecule has 3 aromatic rings. The first-order valence-electron chi connectivity index (χ1n) is 8.60. The molecule has 0 aliphatic carbocycles. The number of aromatic nitrogens is 1. The molecule has 30 heavy (non-hydrogen) atoms. The fourth-order valence-corrected chi connectivity index (χ4v) is 3.08. The number of carbonyl (C=O) groups excluding carboxylic acids is 1. The Morgan fingerprint density at radius 1 is 1.07 bits per heavy atom. The number of carboxylic acid groups (broad SMARTS) is 1. The van der Waals surface area contributed by atoms with Crippen LogP contribution >= 0.6 is 23.2 Å². The average molecular weight is 439 g/mol. The molecule has 0 radical (unpaired) electrons. The topological polar surface area (TPSA) is 88.5 Å². The number of nitrogens with one attached hydrogen (secondary N) is 1. The SMILES string of the molecule is O=C(Nc1ccc(OCCc2ccccn2)cc1C(=O)O)c1ccc(Cl)cc1Cl.[H-].[Li+]. The van der Waals surface area contributed by atoms with Crippen LogP contribution in [0.25, 0.3) is 0 Å². The minimum Gasteiger partial charge on any atom is -1.00 e. The number of pyridine rings is 1. The molecule has 6 nitrogen and oxygen atoms in total. The number of nitrogens with zero attached hydrogens (tertiary/aromatic N) is 1. The minimum atomic E-state index is -1.20. The summed E-state index contributed by atoms with van der Waals surface area (Å²) in [5.41, 5.74) is 1.09. The van der Waals surface area contributed by atoms with Crippen LogP contribution in [0, 0.1) is 0 Å². The molecule has 0 fully saturated rings. The van der Waals surface area contributed by atoms with Gasteiger partial charge in [-0.3, -0.25) is 9.78 Å². The summed E-state index contributed by atoms with van der Waals surface area (Å²) in [4.78, 5) is 28.3. The third kappa shape index (κ3) is 6.25. The maximum atomic E-state index is 12.5. The molecule has 0 aliphatic rings. The van der Waals surface area contributed by atoms with Crippen molar-refractivity contribution in [3.63, 3.8) is 0 Å². The van der Waals surface area contributed by atoms with Gasteiger partial charge in [-0.25, -0.2) is 4.79 Å². The molecule has 0 bridgehead atoms. The number of aromatic carboxylic acids is 1. The molecule has 0 unspecified atom stereocenters. The van der Waals surface area contributed by atoms with Crippen LogP contribution < -0.4 is 28.9 Å². The van der Waals surface area contributed by atoms with Crippen LogP contribution in [0.3, 0.4) is 0 Å². The van der Waals surface area contributed by atoms with Crippen LogP contribution in [-0.4, -0.2) is 28.6 Å². The van der Waals surface area contributed by atoms with Gasteiger partial charge in [-0.1, -0.05) is 29.3 Å². The van der Waals surface area contributed by atoms with E-state index in [-0.39, 0.29) is 42.1 Å². The predicted molar refractivity (Wildman–Crippen MR) is 112 cm³/mol. The van der Waals surface area contributed by atoms with Crippen LogP contribution in [-0.2, 0) is 6.42 Å². The van der Waals surface area contributed by atoms with Gasteiger partial charge in [0.1, 0.15) is 5.75 Å². The van der Waals surface area contributed by atoms with Crippen molar-refractivity contribution in [1.29, 1.82) is 0 Å². The summed E-state index contributed by atoms with van der Waals surface area (Å²) in [7, 11) is 0. The third-order valence-corrected chi connectivity index (χ3v) is 4.55. The van der Waals surface area contributed by atoms with Crippen molar-refractivity contribution in [2.24, 2.45) is 0 Å². The molecular formula is C21H17Cl2LiN2O4. The first kappa shape index (κ1) is 23.8. The molecule has 150 valence electrons. The van der Waals surface area contributed by atoms with E-state index in [2.05, 4.69) is 10.3 Å². The van der Waals surface area contributed by atoms with E-state index in [0.29, 0.717) is 23.8 Å². The Hall–Kier alpha value is -2.49. The Balaban J connectivity index is 0.00000240. The first-order valence-corrected chi connectivity index (χ1v) is 9.36. The second kappa shape index (κ2) is 11.0. The number of ether oxygens (including phenoxy) is 1. The maximum Gasteiger partial charge on any atom is 1.00 e. The van der Waals surface area contributed by atoms with Gasteiger partial charge in [-0.2, -0.15) is 0 Å². The van der Waals surface area contributed by atoms with Crippen molar-refractivity contribution in [3.05, 3.63) is 87.7 Å². The minimum absolute atomic E-state index is 0. The third-order valence-electron chi connectivity index (χ3n) is 4.00. The molecule has 9 heteroatoms. The van der Waals surface area contributed by atoms with Gasteiger partial charge in [0.05, 0.1) is 28.4 Å². The number of hydrogen-bond donors (Lipinski definition) is 2. The number of carboxylic acids is 1. The molecule has 1 amide bonds. The number of halogens is 2. The summed E-state index contributed by atoms with van der Waals surface area (Å²) in [6, 6.07) is 14.4. The number of rotatable bonds is 7. The Morgan fingerprint density at radius 2 is 1.87 bits per heavy atom. The Bertz CT molecular complexity index is 1050. The summed E-state index contributed by atoms with van der Waals surface area (Å²) < 4.78 is 5.63. The van der Waals surface area contributed by atoms with Crippen molar-refractivity contribution in [1.82, 2.24) is 4.98 Å². The summed E-state index contributed by atoms with van der Waals surface area (Å²) in [6.07, 6.45) is 2.28. The van der Waals surface area contributed by atoms with Crippen molar-refractivity contribution in [2.75, 3.05) is 11.9 Å². The summed E-state index contributed by atoms with van der Waals surface area (Å²) in [6.45, 7) is 0.335. The molecule has 0 atom stereocenters. The van der Waals surface area contributed by atoms with Crippen molar-refractivity contribution >= 4 is 40.8 Å². The van der Waals surface area contributed by atoms with E-state index in [1.165, 1.54) is 30.3 Å². The average Bonchev–Trinajstić information content (AvgIpc) is 2.69. The van der Waals surface area contributed by atoms with Gasteiger partial charge in [0.25, 0.3) is 5.91 Å². The van der Waals surface area contributed by atoms with Gasteiger partial charge in [-0.15, -0.1) is 0 Å². The van der Waals surface area contributed by atoms with E-state index in [4.69, 9.17) is 27.9 Å². The molecule has 0 saturated heterocycles. The van der Waals surface area contributed by atoms with Gasteiger partial charge >= 0.3 is 24.8 Å². The fourth-order valence-electron chi connectivity index (χ4n) is 2.58. The van der Waals surface area contributed by atoms with Gasteiger partial charge in [0, 0.05) is 23.3 Å². The van der Waals surface area contributed by atoms with Crippen molar-refractivity contribution < 1.29 is 39.7 Å². The van der Waals surface area contributed by atoms with Crippen LogP contribution in [0.2, 0.25) is 10.0 Å². The predicted octanol–water partition coefficient (Wildman–Crippen LogP) is 2.08. The van der Waals surface area contributed by atoms with E-state index in [1.54, 1.807) is 12.3 Å². The monoisotopic (exact) mass is 438 g/mol. The summed E-state index contributed by atoms with van der Waals surface area (Å²) in [5, 5.41) is 12.6. The Labute approximate surface area is 196 Å². The van der Waals surface area contributed by atoms with Crippen molar-refractivity contribution in [2.45, 2.75) is 6.42 Å². The molecule has 1 heterocycles. The second-order valence-electron chi connectivity index (χ2n) is 6.01. The van der Waals surface area contributed by atoms with E-state index in [9.17, 15) is 14.7 Å². The molecule has 0 saturated carbocycles. The van der Waals surface area contributed by atoms with Crippen molar-refractivity contribution in [3.8, 4) is 5.75 Å². The van der Waals surface area contributed by atoms with E-state index < -0.39 is 11.9 Å². The standard InChI is InChI=1S/C21H16Cl2N2O4.Li.H/c22-13-4-6-16(18(23)11-13)20(26)25-19-7-5-15(12-17(19)21(27)28)29-10-8-14-3-1-2-9-24-14;;/h1-7,9,11-12H,8,10H2,(H,25,26)(H,27,28);;/q;+1;-1. The fraction of sp³-hybridized carbons (Fsp3) is 0.0952. The van der Waals surface area contributed by atoms with E-state index in [1.807, 2.05) is 18.2 Å². The summed E-state index contributed by atoms with van der Waals surface area (Å²) in [5.74, 6) is -1.36. The Kier molecular flexibility index (Phi) is 8.76. The number of hydrogen-bond acceptors (Lipinski definition) is 4. The molecule has 0 spiro atoms. The van der Waals surface area contributed by atoms with Crippen LogP contribution in [0.1, 0.15) is 27.8 Å². The normalized spacial score (nSPS) is 10.1. The summed E-state index contributed by atoms with van der Waals surface area (Å²) >= 11 is 11.9. The number of amides is 1. The first-order chi connectivity index (χ1) is 13.9. The van der Waals surface area contributed by atoms with Gasteiger partial charge < -0.3 is 16.6 Å². The maximum absolute atomic E-state index is 12.5. The Morgan fingerprint density at radius 3 is 2.53 bits per heavy atom. The van der Waals surface area contributed by atoms with E-state index in [0.717, 1.165) is 5.69 Å². The number of anilines is 1. The zero-order chi connectivity index (χ0) is 20.8.